The molecule has 106 valence electrons. The van der Waals surface area contributed by atoms with Gasteiger partial charge < -0.3 is 9.47 Å². The molecule has 1 aromatic carbocycles. The Labute approximate surface area is 118 Å². The van der Waals surface area contributed by atoms with E-state index < -0.39 is 0 Å². The normalized spacial score (nSPS) is 10.7. The summed E-state index contributed by atoms with van der Waals surface area (Å²) in [5.74, 6) is -0.328. The maximum atomic E-state index is 11.7. The zero-order valence-corrected chi connectivity index (χ0v) is 11.9. The van der Waals surface area contributed by atoms with E-state index in [0.29, 0.717) is 12.2 Å². The predicted molar refractivity (Wildman–Crippen MR) is 77.9 cm³/mol. The summed E-state index contributed by atoms with van der Waals surface area (Å²) in [6.45, 7) is 2.92. The third-order valence-electron chi connectivity index (χ3n) is 3.07. The van der Waals surface area contributed by atoms with Crippen LogP contribution in [-0.2, 0) is 15.9 Å². The third kappa shape index (κ3) is 3.54. The van der Waals surface area contributed by atoms with Gasteiger partial charge in [-0.1, -0.05) is 12.1 Å². The molecule has 0 saturated carbocycles. The summed E-state index contributed by atoms with van der Waals surface area (Å²) < 4.78 is 10.0. The lowest BCUT2D eigenvalue weighted by atomic mass is 10.1. The summed E-state index contributed by atoms with van der Waals surface area (Å²) in [6.07, 6.45) is 3.52. The van der Waals surface area contributed by atoms with E-state index in [1.54, 1.807) is 20.2 Å². The van der Waals surface area contributed by atoms with Crippen LogP contribution in [0.4, 0.5) is 0 Å². The molecule has 0 aliphatic heterocycles. The lowest BCUT2D eigenvalue weighted by molar-refractivity contribution is 0.0526. The van der Waals surface area contributed by atoms with E-state index in [9.17, 15) is 4.79 Å². The van der Waals surface area contributed by atoms with Crippen molar-refractivity contribution in [2.75, 3.05) is 20.3 Å². The lowest BCUT2D eigenvalue weighted by Crippen LogP contribution is -2.05. The molecule has 0 saturated heterocycles. The molecule has 0 unspecified atom stereocenters. The van der Waals surface area contributed by atoms with Crippen molar-refractivity contribution in [3.63, 3.8) is 0 Å². The molecule has 4 heteroatoms. The topological polar surface area (TPSA) is 48.4 Å². The zero-order chi connectivity index (χ0) is 14.4. The van der Waals surface area contributed by atoms with Gasteiger partial charge in [-0.3, -0.25) is 4.98 Å². The maximum Gasteiger partial charge on any atom is 0.339 e. The van der Waals surface area contributed by atoms with Gasteiger partial charge in [0.1, 0.15) is 0 Å². The van der Waals surface area contributed by atoms with Crippen LogP contribution in [0.1, 0.15) is 29.3 Å². The van der Waals surface area contributed by atoms with Gasteiger partial charge in [-0.2, -0.15) is 0 Å². The Morgan fingerprint density at radius 2 is 2.15 bits per heavy atom. The van der Waals surface area contributed by atoms with Crippen LogP contribution in [0, 0.1) is 0 Å². The Morgan fingerprint density at radius 3 is 2.90 bits per heavy atom. The lowest BCUT2D eigenvalue weighted by Gasteiger charge is -2.05. The van der Waals surface area contributed by atoms with Gasteiger partial charge in [0.2, 0.25) is 0 Å². The average molecular weight is 273 g/mol. The van der Waals surface area contributed by atoms with E-state index in [-0.39, 0.29) is 5.97 Å². The van der Waals surface area contributed by atoms with Gasteiger partial charge in [-0.15, -0.1) is 0 Å². The summed E-state index contributed by atoms with van der Waals surface area (Å²) >= 11 is 0. The molecule has 0 bridgehead atoms. The molecule has 0 fully saturated rings. The Bertz CT molecular complexity index is 595. The van der Waals surface area contributed by atoms with Crippen LogP contribution in [0.3, 0.4) is 0 Å². The number of aromatic nitrogens is 1. The minimum atomic E-state index is -0.328. The first-order valence-electron chi connectivity index (χ1n) is 6.79. The number of methoxy groups -OCH3 is 1. The van der Waals surface area contributed by atoms with Crippen LogP contribution >= 0.6 is 0 Å². The van der Waals surface area contributed by atoms with E-state index in [4.69, 9.17) is 9.47 Å². The maximum absolute atomic E-state index is 11.7. The largest absolute Gasteiger partial charge is 0.462 e. The summed E-state index contributed by atoms with van der Waals surface area (Å²) in [5.41, 5.74) is 2.62. The number of hydrogen-bond donors (Lipinski definition) is 0. The van der Waals surface area contributed by atoms with Crippen molar-refractivity contribution >= 4 is 16.9 Å². The van der Waals surface area contributed by atoms with E-state index >= 15 is 0 Å². The van der Waals surface area contributed by atoms with E-state index in [0.717, 1.165) is 30.4 Å². The number of hydrogen-bond acceptors (Lipinski definition) is 4. The first-order chi connectivity index (χ1) is 9.74. The van der Waals surface area contributed by atoms with Crippen molar-refractivity contribution in [2.24, 2.45) is 0 Å². The third-order valence-corrected chi connectivity index (χ3v) is 3.07. The van der Waals surface area contributed by atoms with E-state index in [1.165, 1.54) is 5.56 Å². The number of aryl methyl sites for hydroxylation is 1. The minimum Gasteiger partial charge on any atom is -0.462 e. The summed E-state index contributed by atoms with van der Waals surface area (Å²) in [7, 11) is 1.71. The zero-order valence-electron chi connectivity index (χ0n) is 11.9. The standard InChI is InChI=1S/C16H19NO3/c1-3-20-16(18)14-10-13-7-6-12(5-4-8-19-2)9-15(13)17-11-14/h6-7,9-11H,3-5,8H2,1-2H3. The van der Waals surface area contributed by atoms with Gasteiger partial charge in [0.05, 0.1) is 17.7 Å². The van der Waals surface area contributed by atoms with Crippen molar-refractivity contribution in [3.05, 3.63) is 41.6 Å². The molecule has 0 N–H and O–H groups in total. The molecule has 1 heterocycles. The first-order valence-corrected chi connectivity index (χ1v) is 6.79. The molecule has 0 aliphatic carbocycles. The first kappa shape index (κ1) is 14.5. The van der Waals surface area contributed by atoms with Crippen molar-refractivity contribution in [3.8, 4) is 0 Å². The molecule has 0 aliphatic rings. The summed E-state index contributed by atoms with van der Waals surface area (Å²) in [6, 6.07) is 7.93. The fourth-order valence-corrected chi connectivity index (χ4v) is 2.07. The van der Waals surface area contributed by atoms with Crippen molar-refractivity contribution < 1.29 is 14.3 Å². The van der Waals surface area contributed by atoms with Crippen LogP contribution < -0.4 is 0 Å². The smallest absolute Gasteiger partial charge is 0.339 e. The number of fused-ring (bicyclic) bond motifs is 1. The van der Waals surface area contributed by atoms with Gasteiger partial charge in [0.15, 0.2) is 0 Å². The molecule has 2 rings (SSSR count). The van der Waals surface area contributed by atoms with Crippen LogP contribution in [0.2, 0.25) is 0 Å². The molecular formula is C16H19NO3. The number of pyridine rings is 1. The summed E-state index contributed by atoms with van der Waals surface area (Å²) in [5, 5.41) is 0.950. The number of carbonyl (C=O) groups is 1. The number of rotatable bonds is 6. The molecule has 20 heavy (non-hydrogen) atoms. The second kappa shape index (κ2) is 7.01. The monoisotopic (exact) mass is 273 g/mol. The number of carbonyl (C=O) groups excluding carboxylic acids is 1. The number of ether oxygens (including phenoxy) is 2. The van der Waals surface area contributed by atoms with Crippen LogP contribution in [0.15, 0.2) is 30.5 Å². The molecule has 0 radical (unpaired) electrons. The molecule has 4 nitrogen and oxygen atoms in total. The number of nitrogens with zero attached hydrogens (tertiary/aromatic N) is 1. The number of esters is 1. The second-order valence-corrected chi connectivity index (χ2v) is 4.57. The van der Waals surface area contributed by atoms with Gasteiger partial charge in [-0.25, -0.2) is 4.79 Å². The van der Waals surface area contributed by atoms with Crippen molar-refractivity contribution in [1.29, 1.82) is 0 Å². The highest BCUT2D eigenvalue weighted by Crippen LogP contribution is 2.17. The van der Waals surface area contributed by atoms with E-state index in [2.05, 4.69) is 17.1 Å². The average Bonchev–Trinajstić information content (AvgIpc) is 2.47. The van der Waals surface area contributed by atoms with Gasteiger partial charge in [0, 0.05) is 25.3 Å². The molecule has 0 atom stereocenters. The van der Waals surface area contributed by atoms with E-state index in [1.807, 2.05) is 12.1 Å². The Balaban J connectivity index is 2.18. The highest BCUT2D eigenvalue weighted by atomic mass is 16.5. The van der Waals surface area contributed by atoms with Crippen molar-refractivity contribution in [2.45, 2.75) is 19.8 Å². The SMILES string of the molecule is CCOC(=O)c1cnc2cc(CCCOC)ccc2c1. The Kier molecular flexibility index (Phi) is 5.07. The van der Waals surface area contributed by atoms with Gasteiger partial charge in [-0.05, 0) is 37.5 Å². The fraction of sp³-hybridized carbons (Fsp3) is 0.375. The summed E-state index contributed by atoms with van der Waals surface area (Å²) in [4.78, 5) is 16.0. The Hall–Kier alpha value is -1.94. The molecule has 0 spiro atoms. The second-order valence-electron chi connectivity index (χ2n) is 4.57. The molecule has 1 aromatic heterocycles. The van der Waals surface area contributed by atoms with Crippen LogP contribution in [0.5, 0.6) is 0 Å². The Morgan fingerprint density at radius 1 is 1.30 bits per heavy atom. The van der Waals surface area contributed by atoms with Gasteiger partial charge in [0.25, 0.3) is 0 Å². The van der Waals surface area contributed by atoms with Crippen molar-refractivity contribution in [1.82, 2.24) is 4.98 Å². The van der Waals surface area contributed by atoms with Crippen LogP contribution in [0.25, 0.3) is 10.9 Å². The molecule has 0 amide bonds. The van der Waals surface area contributed by atoms with Crippen LogP contribution in [-0.4, -0.2) is 31.3 Å². The molecular weight excluding hydrogens is 254 g/mol. The fourth-order valence-electron chi connectivity index (χ4n) is 2.07. The van der Waals surface area contributed by atoms with Gasteiger partial charge >= 0.3 is 5.97 Å². The number of benzene rings is 1. The highest BCUT2D eigenvalue weighted by Gasteiger charge is 2.08. The highest BCUT2D eigenvalue weighted by molar-refractivity contribution is 5.93. The predicted octanol–water partition coefficient (Wildman–Crippen LogP) is 2.99. The molecule has 2 aromatic rings. The quantitative estimate of drug-likeness (QED) is 0.599. The minimum absolute atomic E-state index is 0.328.